The summed E-state index contributed by atoms with van der Waals surface area (Å²) in [6.45, 7) is 2.17. The SMILES string of the molecule is O=c1oc2ccccc2cc1-c1nnc(Sc2nc(NC(=S)Nc3ccc([N+](=O)[O-])cc3)nc(N3CCOCC3)n2)o1. The summed E-state index contributed by atoms with van der Waals surface area (Å²) in [4.78, 5) is 38.4. The molecule has 5 aromatic rings. The minimum Gasteiger partial charge on any atom is -0.422 e. The van der Waals surface area contributed by atoms with E-state index in [-0.39, 0.29) is 38.6 Å². The Morgan fingerprint density at radius 1 is 1.00 bits per heavy atom. The van der Waals surface area contributed by atoms with E-state index in [0.717, 1.165) is 11.8 Å². The third-order valence-corrected chi connectivity index (χ3v) is 6.82. The number of fused-ring (bicyclic) bond motifs is 1. The van der Waals surface area contributed by atoms with Crippen LogP contribution in [0.1, 0.15) is 0 Å². The maximum Gasteiger partial charge on any atom is 0.349 e. The number of ether oxygens (including phenoxy) is 1. The molecule has 0 aliphatic carbocycles. The molecule has 3 aromatic heterocycles. The molecule has 17 heteroatoms. The number of morpholine rings is 1. The van der Waals surface area contributed by atoms with Gasteiger partial charge in [0.2, 0.25) is 17.1 Å². The predicted molar refractivity (Wildman–Crippen MR) is 156 cm³/mol. The highest BCUT2D eigenvalue weighted by molar-refractivity contribution is 7.98. The molecule has 1 saturated heterocycles. The van der Waals surface area contributed by atoms with Crippen LogP contribution >= 0.6 is 24.0 Å². The number of nitrogens with one attached hydrogen (secondary N) is 2. The quantitative estimate of drug-likeness (QED) is 0.118. The summed E-state index contributed by atoms with van der Waals surface area (Å²) in [7, 11) is 0. The van der Waals surface area contributed by atoms with Crippen molar-refractivity contribution in [1.82, 2.24) is 25.1 Å². The highest BCUT2D eigenvalue weighted by Crippen LogP contribution is 2.29. The fourth-order valence-electron chi connectivity index (χ4n) is 3.93. The molecule has 2 N–H and O–H groups in total. The highest BCUT2D eigenvalue weighted by Gasteiger charge is 2.21. The molecule has 1 fully saturated rings. The number of nitro groups is 1. The lowest BCUT2D eigenvalue weighted by molar-refractivity contribution is -0.384. The van der Waals surface area contributed by atoms with Crippen molar-refractivity contribution >= 4 is 63.3 Å². The molecule has 0 saturated carbocycles. The summed E-state index contributed by atoms with van der Waals surface area (Å²) in [5.74, 6) is 0.515. The molecule has 6 rings (SSSR count). The zero-order chi connectivity index (χ0) is 29.1. The van der Waals surface area contributed by atoms with Crippen LogP contribution < -0.4 is 21.2 Å². The Labute approximate surface area is 245 Å². The van der Waals surface area contributed by atoms with E-state index in [1.807, 2.05) is 11.0 Å². The number of nitro benzene ring substituents is 1. The Balaban J connectivity index is 1.24. The molecule has 4 heterocycles. The van der Waals surface area contributed by atoms with Crippen LogP contribution in [0.15, 0.2) is 78.6 Å². The van der Waals surface area contributed by atoms with Crippen LogP contribution in [0.3, 0.4) is 0 Å². The Morgan fingerprint density at radius 2 is 1.79 bits per heavy atom. The van der Waals surface area contributed by atoms with Gasteiger partial charge >= 0.3 is 5.63 Å². The van der Waals surface area contributed by atoms with E-state index in [4.69, 9.17) is 25.8 Å². The Morgan fingerprint density at radius 3 is 2.57 bits per heavy atom. The van der Waals surface area contributed by atoms with Gasteiger partial charge in [-0.05, 0) is 36.5 Å². The minimum absolute atomic E-state index is 0.00807. The van der Waals surface area contributed by atoms with Crippen LogP contribution in [-0.4, -0.2) is 61.5 Å². The summed E-state index contributed by atoms with van der Waals surface area (Å²) >= 11 is 6.38. The molecule has 0 unspecified atom stereocenters. The number of nitrogens with zero attached hydrogens (tertiary/aromatic N) is 7. The number of benzene rings is 2. The maximum atomic E-state index is 12.5. The van der Waals surface area contributed by atoms with Crippen molar-refractivity contribution in [1.29, 1.82) is 0 Å². The fourth-order valence-corrected chi connectivity index (χ4v) is 4.76. The van der Waals surface area contributed by atoms with Crippen molar-refractivity contribution in [2.24, 2.45) is 0 Å². The van der Waals surface area contributed by atoms with Crippen molar-refractivity contribution in [3.05, 3.63) is 75.1 Å². The summed E-state index contributed by atoms with van der Waals surface area (Å²) in [6.07, 6.45) is 0. The average molecular weight is 606 g/mol. The number of hydrogen-bond donors (Lipinski definition) is 2. The smallest absolute Gasteiger partial charge is 0.349 e. The molecular weight excluding hydrogens is 586 g/mol. The summed E-state index contributed by atoms with van der Waals surface area (Å²) in [5.41, 5.74) is 0.459. The zero-order valence-electron chi connectivity index (χ0n) is 21.4. The van der Waals surface area contributed by atoms with Crippen LogP contribution in [0, 0.1) is 10.1 Å². The van der Waals surface area contributed by atoms with E-state index in [1.54, 1.807) is 24.3 Å². The van der Waals surface area contributed by atoms with Crippen molar-refractivity contribution < 1.29 is 18.5 Å². The lowest BCUT2D eigenvalue weighted by atomic mass is 10.2. The van der Waals surface area contributed by atoms with Crippen LogP contribution in [0.4, 0.5) is 23.3 Å². The van der Waals surface area contributed by atoms with E-state index < -0.39 is 10.5 Å². The van der Waals surface area contributed by atoms with E-state index in [9.17, 15) is 14.9 Å². The van der Waals surface area contributed by atoms with Crippen molar-refractivity contribution in [2.45, 2.75) is 10.4 Å². The van der Waals surface area contributed by atoms with Gasteiger partial charge in [-0.25, -0.2) is 4.79 Å². The van der Waals surface area contributed by atoms with Gasteiger partial charge in [0.15, 0.2) is 5.11 Å². The van der Waals surface area contributed by atoms with E-state index in [2.05, 4.69) is 35.8 Å². The first-order valence-corrected chi connectivity index (χ1v) is 13.6. The van der Waals surface area contributed by atoms with Gasteiger partial charge < -0.3 is 29.1 Å². The van der Waals surface area contributed by atoms with Crippen LogP contribution in [0.2, 0.25) is 0 Å². The molecule has 0 spiro atoms. The van der Waals surface area contributed by atoms with Gasteiger partial charge in [-0.15, -0.1) is 10.2 Å². The molecule has 2 aromatic carbocycles. The van der Waals surface area contributed by atoms with Gasteiger partial charge in [-0.3, -0.25) is 10.1 Å². The second-order valence-corrected chi connectivity index (χ2v) is 10.0. The molecule has 212 valence electrons. The molecule has 0 bridgehead atoms. The van der Waals surface area contributed by atoms with Gasteiger partial charge in [0.25, 0.3) is 16.8 Å². The van der Waals surface area contributed by atoms with Crippen LogP contribution in [0.25, 0.3) is 22.4 Å². The van der Waals surface area contributed by atoms with Gasteiger partial charge in [0, 0.05) is 48.1 Å². The molecule has 1 aliphatic heterocycles. The van der Waals surface area contributed by atoms with Crippen LogP contribution in [0.5, 0.6) is 0 Å². The standard InChI is InChI=1S/C25H19N9O6S2/c35-20-17(13-14-3-1-2-4-18(14)39-20)19-31-32-25(40-19)42-24-29-21(27-22(30-24)33-9-11-38-12-10-33)28-23(41)26-15-5-7-16(8-6-15)34(36)37/h1-8,13H,9-12H2,(H2,26,27,28,29,30,41). The largest absolute Gasteiger partial charge is 0.422 e. The summed E-state index contributed by atoms with van der Waals surface area (Å²) in [5, 5.41) is 26.0. The van der Waals surface area contributed by atoms with Gasteiger partial charge in [0.1, 0.15) is 11.1 Å². The van der Waals surface area contributed by atoms with E-state index in [1.165, 1.54) is 24.3 Å². The summed E-state index contributed by atoms with van der Waals surface area (Å²) in [6, 6.07) is 14.5. The lowest BCUT2D eigenvalue weighted by Crippen LogP contribution is -2.37. The molecule has 0 atom stereocenters. The van der Waals surface area contributed by atoms with E-state index in [0.29, 0.717) is 48.9 Å². The number of anilines is 3. The number of para-hydroxylation sites is 1. The maximum absolute atomic E-state index is 12.5. The van der Waals surface area contributed by atoms with E-state index >= 15 is 0 Å². The lowest BCUT2D eigenvalue weighted by Gasteiger charge is -2.27. The molecule has 15 nitrogen and oxygen atoms in total. The average Bonchev–Trinajstić information content (AvgIpc) is 3.45. The third-order valence-electron chi connectivity index (χ3n) is 5.92. The first-order chi connectivity index (χ1) is 20.4. The second-order valence-electron chi connectivity index (χ2n) is 8.68. The van der Waals surface area contributed by atoms with Crippen molar-refractivity contribution in [3.63, 3.8) is 0 Å². The predicted octanol–water partition coefficient (Wildman–Crippen LogP) is 3.73. The first-order valence-electron chi connectivity index (χ1n) is 12.4. The number of thiocarbonyl (C=S) groups is 1. The molecule has 1 aliphatic rings. The monoisotopic (exact) mass is 605 g/mol. The van der Waals surface area contributed by atoms with Crippen LogP contribution in [-0.2, 0) is 4.74 Å². The molecule has 0 radical (unpaired) electrons. The Kier molecular flexibility index (Phi) is 7.67. The second kappa shape index (κ2) is 11.9. The minimum atomic E-state index is -0.607. The first kappa shape index (κ1) is 27.2. The number of hydrogen-bond acceptors (Lipinski definition) is 14. The molecule has 0 amide bonds. The topological polar surface area (TPSA) is 187 Å². The Bertz CT molecular complexity index is 1840. The number of aromatic nitrogens is 5. The molecule has 42 heavy (non-hydrogen) atoms. The van der Waals surface area contributed by atoms with Gasteiger partial charge in [-0.2, -0.15) is 15.0 Å². The number of non-ortho nitro benzene ring substituents is 1. The van der Waals surface area contributed by atoms with Crippen molar-refractivity contribution in [2.75, 3.05) is 41.8 Å². The molecular formula is C25H19N9O6S2. The Hall–Kier alpha value is -5.00. The summed E-state index contributed by atoms with van der Waals surface area (Å²) < 4.78 is 16.6. The van der Waals surface area contributed by atoms with Crippen molar-refractivity contribution in [3.8, 4) is 11.5 Å². The van der Waals surface area contributed by atoms with Gasteiger partial charge in [-0.1, -0.05) is 18.2 Å². The van der Waals surface area contributed by atoms with Gasteiger partial charge in [0.05, 0.1) is 18.1 Å². The fraction of sp³-hybridized carbons (Fsp3) is 0.160. The highest BCUT2D eigenvalue weighted by atomic mass is 32.2. The number of rotatable bonds is 7. The zero-order valence-corrected chi connectivity index (χ0v) is 23.1. The third kappa shape index (κ3) is 6.17. The normalized spacial score (nSPS) is 13.2.